The third-order valence-corrected chi connectivity index (χ3v) is 4.25. The van der Waals surface area contributed by atoms with Crippen molar-refractivity contribution in [1.29, 1.82) is 0 Å². The molecule has 5 nitrogen and oxygen atoms in total. The summed E-state index contributed by atoms with van der Waals surface area (Å²) in [5.74, 6) is -0.0851. The average molecular weight is 302 g/mol. The van der Waals surface area contributed by atoms with E-state index in [1.165, 1.54) is 5.56 Å². The Balaban J connectivity index is 1.50. The van der Waals surface area contributed by atoms with Crippen LogP contribution in [0.1, 0.15) is 35.2 Å². The molecule has 0 bridgehead atoms. The number of benzene rings is 1. The molecule has 2 aliphatic rings. The second-order valence-corrected chi connectivity index (χ2v) is 5.94. The van der Waals surface area contributed by atoms with Gasteiger partial charge in [-0.15, -0.1) is 0 Å². The summed E-state index contributed by atoms with van der Waals surface area (Å²) < 4.78 is 5.37. The van der Waals surface area contributed by atoms with E-state index in [1.807, 2.05) is 24.3 Å². The fourth-order valence-corrected chi connectivity index (χ4v) is 2.89. The smallest absolute Gasteiger partial charge is 0.269 e. The fraction of sp³-hybridized carbons (Fsp3) is 0.471. The van der Waals surface area contributed by atoms with Crippen molar-refractivity contribution in [3.05, 3.63) is 47.2 Å². The maximum Gasteiger partial charge on any atom is 0.269 e. The SMILES string of the molecule is O=C(NNC1=CCCC1)c1ccc(C[NH+]2CCOCC2)cc1. The molecule has 1 aliphatic carbocycles. The molecule has 3 rings (SSSR count). The van der Waals surface area contributed by atoms with E-state index in [9.17, 15) is 4.79 Å². The van der Waals surface area contributed by atoms with Gasteiger partial charge >= 0.3 is 0 Å². The van der Waals surface area contributed by atoms with Gasteiger partial charge in [-0.25, -0.2) is 0 Å². The van der Waals surface area contributed by atoms with Gasteiger partial charge in [0.1, 0.15) is 19.6 Å². The lowest BCUT2D eigenvalue weighted by molar-refractivity contribution is -0.921. The topological polar surface area (TPSA) is 54.8 Å². The van der Waals surface area contributed by atoms with E-state index in [1.54, 1.807) is 4.90 Å². The number of allylic oxidation sites excluding steroid dienone is 2. The van der Waals surface area contributed by atoms with Crippen LogP contribution in [0.5, 0.6) is 0 Å². The predicted octanol–water partition coefficient (Wildman–Crippen LogP) is 0.404. The van der Waals surface area contributed by atoms with Crippen LogP contribution < -0.4 is 15.8 Å². The average Bonchev–Trinajstić information content (AvgIpc) is 3.08. The number of carbonyl (C=O) groups is 1. The molecule has 3 N–H and O–H groups in total. The van der Waals surface area contributed by atoms with E-state index in [-0.39, 0.29) is 5.91 Å². The monoisotopic (exact) mass is 302 g/mol. The van der Waals surface area contributed by atoms with Gasteiger partial charge < -0.3 is 15.1 Å². The minimum Gasteiger partial charge on any atom is -0.370 e. The molecule has 0 unspecified atom stereocenters. The molecule has 1 heterocycles. The largest absolute Gasteiger partial charge is 0.370 e. The summed E-state index contributed by atoms with van der Waals surface area (Å²) in [4.78, 5) is 13.6. The van der Waals surface area contributed by atoms with Gasteiger partial charge in [-0.05, 0) is 31.4 Å². The van der Waals surface area contributed by atoms with Gasteiger partial charge in [-0.1, -0.05) is 18.2 Å². The Morgan fingerprint density at radius 1 is 1.18 bits per heavy atom. The Morgan fingerprint density at radius 3 is 2.64 bits per heavy atom. The molecule has 118 valence electrons. The molecule has 1 amide bonds. The first-order chi connectivity index (χ1) is 10.8. The molecule has 0 saturated carbocycles. The summed E-state index contributed by atoms with van der Waals surface area (Å²) in [7, 11) is 0. The second-order valence-electron chi connectivity index (χ2n) is 5.94. The van der Waals surface area contributed by atoms with Crippen LogP contribution in [0.3, 0.4) is 0 Å². The molecule has 1 saturated heterocycles. The summed E-state index contributed by atoms with van der Waals surface area (Å²) in [6.45, 7) is 4.80. The molecule has 1 aromatic rings. The quantitative estimate of drug-likeness (QED) is 0.690. The third kappa shape index (κ3) is 4.08. The number of hydrogen-bond donors (Lipinski definition) is 3. The van der Waals surface area contributed by atoms with Gasteiger partial charge in [0.15, 0.2) is 0 Å². The fourth-order valence-electron chi connectivity index (χ4n) is 2.89. The summed E-state index contributed by atoms with van der Waals surface area (Å²) in [6.07, 6.45) is 5.41. The van der Waals surface area contributed by atoms with Crippen LogP contribution in [-0.4, -0.2) is 32.2 Å². The first kappa shape index (κ1) is 15.1. The van der Waals surface area contributed by atoms with Crippen molar-refractivity contribution in [2.45, 2.75) is 25.8 Å². The van der Waals surface area contributed by atoms with Crippen molar-refractivity contribution < 1.29 is 14.4 Å². The third-order valence-electron chi connectivity index (χ3n) is 4.25. The highest BCUT2D eigenvalue weighted by atomic mass is 16.5. The summed E-state index contributed by atoms with van der Waals surface area (Å²) >= 11 is 0. The maximum absolute atomic E-state index is 12.1. The van der Waals surface area contributed by atoms with Crippen LogP contribution >= 0.6 is 0 Å². The summed E-state index contributed by atoms with van der Waals surface area (Å²) in [5.41, 5.74) is 8.83. The molecule has 1 aliphatic heterocycles. The van der Waals surface area contributed by atoms with Crippen molar-refractivity contribution in [3.63, 3.8) is 0 Å². The van der Waals surface area contributed by atoms with Crippen molar-refractivity contribution in [1.82, 2.24) is 10.9 Å². The molecule has 0 aromatic heterocycles. The normalized spacial score (nSPS) is 18.8. The van der Waals surface area contributed by atoms with Crippen LogP contribution in [0.2, 0.25) is 0 Å². The molecule has 1 fully saturated rings. The van der Waals surface area contributed by atoms with E-state index in [4.69, 9.17) is 4.74 Å². The number of ether oxygens (including phenoxy) is 1. The van der Waals surface area contributed by atoms with Gasteiger partial charge in [0.2, 0.25) is 0 Å². The Morgan fingerprint density at radius 2 is 1.95 bits per heavy atom. The van der Waals surface area contributed by atoms with Gasteiger partial charge in [-0.2, -0.15) is 0 Å². The minimum atomic E-state index is -0.0851. The summed E-state index contributed by atoms with van der Waals surface area (Å²) in [6, 6.07) is 7.89. The Bertz CT molecular complexity index is 533. The van der Waals surface area contributed by atoms with Crippen molar-refractivity contribution in [2.75, 3.05) is 26.3 Å². The van der Waals surface area contributed by atoms with Crippen LogP contribution in [-0.2, 0) is 11.3 Å². The number of amides is 1. The summed E-state index contributed by atoms with van der Waals surface area (Å²) in [5, 5.41) is 0. The van der Waals surface area contributed by atoms with Gasteiger partial charge in [0, 0.05) is 16.8 Å². The Kier molecular flexibility index (Phi) is 5.08. The Hall–Kier alpha value is -1.85. The lowest BCUT2D eigenvalue weighted by atomic mass is 10.1. The van der Waals surface area contributed by atoms with Gasteiger partial charge in [0.25, 0.3) is 5.91 Å². The minimum absolute atomic E-state index is 0.0851. The number of hydrogen-bond acceptors (Lipinski definition) is 3. The van der Waals surface area contributed by atoms with E-state index in [2.05, 4.69) is 16.9 Å². The Labute approximate surface area is 131 Å². The molecular formula is C17H24N3O2+. The molecule has 0 spiro atoms. The number of nitrogens with one attached hydrogen (secondary N) is 3. The first-order valence-corrected chi connectivity index (χ1v) is 8.07. The zero-order chi connectivity index (χ0) is 15.2. The van der Waals surface area contributed by atoms with Gasteiger partial charge in [0.05, 0.1) is 13.2 Å². The highest BCUT2D eigenvalue weighted by molar-refractivity contribution is 5.93. The number of rotatable bonds is 5. The molecule has 5 heteroatoms. The number of quaternary nitrogens is 1. The van der Waals surface area contributed by atoms with Crippen LogP contribution in [0.15, 0.2) is 36.0 Å². The highest BCUT2D eigenvalue weighted by Gasteiger charge is 2.14. The molecule has 0 radical (unpaired) electrons. The lowest BCUT2D eigenvalue weighted by Gasteiger charge is -2.23. The molecular weight excluding hydrogens is 278 g/mol. The first-order valence-electron chi connectivity index (χ1n) is 8.07. The van der Waals surface area contributed by atoms with Crippen LogP contribution in [0, 0.1) is 0 Å². The number of carbonyl (C=O) groups excluding carboxylic acids is 1. The van der Waals surface area contributed by atoms with E-state index in [0.717, 1.165) is 57.8 Å². The van der Waals surface area contributed by atoms with Crippen molar-refractivity contribution >= 4 is 5.91 Å². The van der Waals surface area contributed by atoms with E-state index in [0.29, 0.717) is 5.56 Å². The predicted molar refractivity (Wildman–Crippen MR) is 84.2 cm³/mol. The lowest BCUT2D eigenvalue weighted by Crippen LogP contribution is -3.12. The number of morpholine rings is 1. The van der Waals surface area contributed by atoms with E-state index < -0.39 is 0 Å². The highest BCUT2D eigenvalue weighted by Crippen LogP contribution is 2.13. The zero-order valence-electron chi connectivity index (χ0n) is 12.9. The molecule has 1 aromatic carbocycles. The van der Waals surface area contributed by atoms with Crippen LogP contribution in [0.4, 0.5) is 0 Å². The molecule has 0 atom stereocenters. The van der Waals surface area contributed by atoms with Crippen molar-refractivity contribution in [3.8, 4) is 0 Å². The van der Waals surface area contributed by atoms with Crippen molar-refractivity contribution in [2.24, 2.45) is 0 Å². The van der Waals surface area contributed by atoms with Gasteiger partial charge in [-0.3, -0.25) is 10.2 Å². The number of hydrazine groups is 1. The standard InChI is InChI=1S/C17H23N3O2/c21-17(19-18-16-3-1-2-4-16)15-7-5-14(6-8-15)13-20-9-11-22-12-10-20/h3,5-8,18H,1-2,4,9-13H2,(H,19,21)/p+1. The molecule has 22 heavy (non-hydrogen) atoms. The van der Waals surface area contributed by atoms with E-state index >= 15 is 0 Å². The second kappa shape index (κ2) is 7.42. The maximum atomic E-state index is 12.1. The zero-order valence-corrected chi connectivity index (χ0v) is 12.9. The van der Waals surface area contributed by atoms with Crippen LogP contribution in [0.25, 0.3) is 0 Å².